The summed E-state index contributed by atoms with van der Waals surface area (Å²) in [6.45, 7) is 1.28. The molecule has 1 aliphatic carbocycles. The smallest absolute Gasteiger partial charge is 0.252 e. The van der Waals surface area contributed by atoms with Crippen LogP contribution in [0.3, 0.4) is 0 Å². The third-order valence-corrected chi connectivity index (χ3v) is 4.32. The standard InChI is InChI=1S/C15H15BrClN3O/c16-11-3-4-13(17)12(9-11)15(21)19-6-8-20-7-5-18-14(20)10-1-2-10/h3-5,7,9-10H,1-2,6,8H2,(H,19,21). The first-order chi connectivity index (χ1) is 10.1. The number of aromatic nitrogens is 2. The summed E-state index contributed by atoms with van der Waals surface area (Å²) in [6, 6.07) is 5.25. The lowest BCUT2D eigenvalue weighted by Crippen LogP contribution is -2.27. The molecule has 0 bridgehead atoms. The summed E-state index contributed by atoms with van der Waals surface area (Å²) in [6.07, 6.45) is 6.22. The summed E-state index contributed by atoms with van der Waals surface area (Å²) < 4.78 is 2.95. The lowest BCUT2D eigenvalue weighted by atomic mass is 10.2. The minimum Gasteiger partial charge on any atom is -0.350 e. The van der Waals surface area contributed by atoms with Gasteiger partial charge in [-0.1, -0.05) is 27.5 Å². The molecule has 1 fully saturated rings. The predicted molar refractivity (Wildman–Crippen MR) is 85.7 cm³/mol. The molecule has 1 aromatic heterocycles. The lowest BCUT2D eigenvalue weighted by molar-refractivity contribution is 0.0952. The average molecular weight is 369 g/mol. The van der Waals surface area contributed by atoms with Crippen molar-refractivity contribution >= 4 is 33.4 Å². The van der Waals surface area contributed by atoms with E-state index in [0.29, 0.717) is 23.0 Å². The number of nitrogens with zero attached hydrogens (tertiary/aromatic N) is 2. The van der Waals surface area contributed by atoms with E-state index in [-0.39, 0.29) is 5.91 Å². The second-order valence-corrected chi connectivity index (χ2v) is 6.46. The number of carbonyl (C=O) groups excluding carboxylic acids is 1. The van der Waals surface area contributed by atoms with Gasteiger partial charge in [0, 0.05) is 35.9 Å². The number of hydrogen-bond acceptors (Lipinski definition) is 2. The van der Waals surface area contributed by atoms with Crippen LogP contribution in [0.2, 0.25) is 5.02 Å². The van der Waals surface area contributed by atoms with Crippen LogP contribution in [0.15, 0.2) is 35.1 Å². The first-order valence-electron chi connectivity index (χ1n) is 6.89. The molecule has 1 heterocycles. The van der Waals surface area contributed by atoms with Crippen LogP contribution < -0.4 is 5.32 Å². The normalized spacial score (nSPS) is 14.2. The van der Waals surface area contributed by atoms with Crippen LogP contribution in [0.25, 0.3) is 0 Å². The number of carbonyl (C=O) groups is 1. The van der Waals surface area contributed by atoms with Gasteiger partial charge in [-0.15, -0.1) is 0 Å². The van der Waals surface area contributed by atoms with Crippen LogP contribution in [-0.2, 0) is 6.54 Å². The van der Waals surface area contributed by atoms with Gasteiger partial charge in [-0.2, -0.15) is 0 Å². The van der Waals surface area contributed by atoms with Crippen LogP contribution in [0.5, 0.6) is 0 Å². The molecule has 0 spiro atoms. The van der Waals surface area contributed by atoms with Crippen LogP contribution in [0, 0.1) is 0 Å². The van der Waals surface area contributed by atoms with E-state index in [2.05, 4.69) is 30.8 Å². The fourth-order valence-electron chi connectivity index (χ4n) is 2.27. The molecular formula is C15H15BrClN3O. The highest BCUT2D eigenvalue weighted by Gasteiger charge is 2.27. The number of rotatable bonds is 5. The molecule has 1 N–H and O–H groups in total. The Morgan fingerprint density at radius 1 is 1.48 bits per heavy atom. The molecule has 1 aliphatic rings. The zero-order valence-corrected chi connectivity index (χ0v) is 13.7. The minimum atomic E-state index is -0.158. The molecule has 2 aromatic rings. The number of nitrogens with one attached hydrogen (secondary N) is 1. The molecule has 21 heavy (non-hydrogen) atoms. The van der Waals surface area contributed by atoms with Gasteiger partial charge in [0.15, 0.2) is 0 Å². The number of benzene rings is 1. The molecule has 0 atom stereocenters. The van der Waals surface area contributed by atoms with E-state index in [1.807, 2.05) is 18.5 Å². The Morgan fingerprint density at radius 2 is 2.29 bits per heavy atom. The zero-order valence-electron chi connectivity index (χ0n) is 11.4. The van der Waals surface area contributed by atoms with E-state index < -0.39 is 0 Å². The Hall–Kier alpha value is -1.33. The predicted octanol–water partition coefficient (Wildman–Crippen LogP) is 3.61. The van der Waals surface area contributed by atoms with E-state index in [4.69, 9.17) is 11.6 Å². The Balaban J connectivity index is 1.58. The fourth-order valence-corrected chi connectivity index (χ4v) is 2.83. The van der Waals surface area contributed by atoms with E-state index >= 15 is 0 Å². The van der Waals surface area contributed by atoms with Crippen molar-refractivity contribution < 1.29 is 4.79 Å². The molecule has 0 saturated heterocycles. The number of hydrogen-bond donors (Lipinski definition) is 1. The molecule has 0 radical (unpaired) electrons. The number of amides is 1. The Labute approximate surface area is 136 Å². The molecule has 0 unspecified atom stereocenters. The maximum atomic E-state index is 12.1. The van der Waals surface area contributed by atoms with Crippen molar-refractivity contribution in [1.29, 1.82) is 0 Å². The van der Waals surface area contributed by atoms with Crippen molar-refractivity contribution in [2.24, 2.45) is 0 Å². The van der Waals surface area contributed by atoms with Crippen molar-refractivity contribution in [3.8, 4) is 0 Å². The monoisotopic (exact) mass is 367 g/mol. The van der Waals surface area contributed by atoms with Crippen molar-refractivity contribution in [2.75, 3.05) is 6.54 Å². The summed E-state index contributed by atoms with van der Waals surface area (Å²) in [5.74, 6) is 1.58. The summed E-state index contributed by atoms with van der Waals surface area (Å²) in [5.41, 5.74) is 0.485. The lowest BCUT2D eigenvalue weighted by Gasteiger charge is -2.09. The minimum absolute atomic E-state index is 0.158. The maximum absolute atomic E-state index is 12.1. The van der Waals surface area contributed by atoms with Gasteiger partial charge in [0.1, 0.15) is 5.82 Å². The number of halogens is 2. The van der Waals surface area contributed by atoms with Gasteiger partial charge in [-0.3, -0.25) is 4.79 Å². The first-order valence-corrected chi connectivity index (χ1v) is 8.06. The van der Waals surface area contributed by atoms with Crippen molar-refractivity contribution in [2.45, 2.75) is 25.3 Å². The van der Waals surface area contributed by atoms with Gasteiger partial charge in [0.25, 0.3) is 5.91 Å². The molecule has 1 saturated carbocycles. The average Bonchev–Trinajstić information content (AvgIpc) is 3.21. The van der Waals surface area contributed by atoms with E-state index in [0.717, 1.165) is 16.8 Å². The van der Waals surface area contributed by atoms with Crippen molar-refractivity contribution in [3.05, 3.63) is 51.5 Å². The summed E-state index contributed by atoms with van der Waals surface area (Å²) >= 11 is 9.39. The largest absolute Gasteiger partial charge is 0.350 e. The SMILES string of the molecule is O=C(NCCn1ccnc1C1CC1)c1cc(Br)ccc1Cl. The molecule has 1 amide bonds. The summed E-state index contributed by atoms with van der Waals surface area (Å²) in [4.78, 5) is 16.5. The highest BCUT2D eigenvalue weighted by Crippen LogP contribution is 2.38. The maximum Gasteiger partial charge on any atom is 0.252 e. The Kier molecular flexibility index (Phi) is 4.31. The van der Waals surface area contributed by atoms with Crippen molar-refractivity contribution in [3.63, 3.8) is 0 Å². The zero-order chi connectivity index (χ0) is 14.8. The molecule has 6 heteroatoms. The van der Waals surface area contributed by atoms with E-state index in [9.17, 15) is 4.79 Å². The second kappa shape index (κ2) is 6.20. The van der Waals surface area contributed by atoms with Crippen LogP contribution in [0.1, 0.15) is 34.9 Å². The van der Waals surface area contributed by atoms with Gasteiger partial charge in [-0.05, 0) is 31.0 Å². The van der Waals surface area contributed by atoms with Gasteiger partial charge in [0.2, 0.25) is 0 Å². The van der Waals surface area contributed by atoms with Gasteiger partial charge < -0.3 is 9.88 Å². The van der Waals surface area contributed by atoms with E-state index in [1.165, 1.54) is 12.8 Å². The quantitative estimate of drug-likeness (QED) is 0.876. The third-order valence-electron chi connectivity index (χ3n) is 3.50. The van der Waals surface area contributed by atoms with Crippen LogP contribution in [-0.4, -0.2) is 22.0 Å². The highest BCUT2D eigenvalue weighted by molar-refractivity contribution is 9.10. The molecule has 3 rings (SSSR count). The fraction of sp³-hybridized carbons (Fsp3) is 0.333. The summed E-state index contributed by atoms with van der Waals surface area (Å²) in [5, 5.41) is 3.35. The Bertz CT molecular complexity index is 667. The molecule has 1 aromatic carbocycles. The molecule has 0 aliphatic heterocycles. The van der Waals surface area contributed by atoms with Gasteiger partial charge in [-0.25, -0.2) is 4.98 Å². The van der Waals surface area contributed by atoms with E-state index in [1.54, 1.807) is 12.1 Å². The topological polar surface area (TPSA) is 46.9 Å². The summed E-state index contributed by atoms with van der Waals surface area (Å²) in [7, 11) is 0. The molecular weight excluding hydrogens is 354 g/mol. The molecule has 110 valence electrons. The third kappa shape index (κ3) is 3.47. The van der Waals surface area contributed by atoms with Gasteiger partial charge in [0.05, 0.1) is 10.6 Å². The number of imidazole rings is 1. The van der Waals surface area contributed by atoms with Crippen LogP contribution in [0.4, 0.5) is 0 Å². The highest BCUT2D eigenvalue weighted by atomic mass is 79.9. The van der Waals surface area contributed by atoms with Crippen molar-refractivity contribution in [1.82, 2.24) is 14.9 Å². The van der Waals surface area contributed by atoms with Gasteiger partial charge >= 0.3 is 0 Å². The first kappa shape index (κ1) is 14.6. The van der Waals surface area contributed by atoms with Crippen LogP contribution >= 0.6 is 27.5 Å². The second-order valence-electron chi connectivity index (χ2n) is 5.13. The Morgan fingerprint density at radius 3 is 3.05 bits per heavy atom. The molecule has 4 nitrogen and oxygen atoms in total.